The van der Waals surface area contributed by atoms with Crippen molar-refractivity contribution in [2.75, 3.05) is 11.9 Å². The minimum atomic E-state index is -1.05. The van der Waals surface area contributed by atoms with E-state index in [1.807, 2.05) is 0 Å². The average molecular weight is 313 g/mol. The molecule has 0 atom stereocenters. The van der Waals surface area contributed by atoms with E-state index in [0.717, 1.165) is 24.1 Å². The summed E-state index contributed by atoms with van der Waals surface area (Å²) in [5, 5.41) is 11.9. The third-order valence-electron chi connectivity index (χ3n) is 3.03. The summed E-state index contributed by atoms with van der Waals surface area (Å²) in [5.41, 5.74) is 0.106. The van der Waals surface area contributed by atoms with Gasteiger partial charge < -0.3 is 9.84 Å². The zero-order valence-electron chi connectivity index (χ0n) is 12.6. The molecule has 0 radical (unpaired) electrons. The molecule has 1 rings (SSSR count). The lowest BCUT2D eigenvalue weighted by Crippen LogP contribution is -2.15. The molecule has 0 bridgehead atoms. The number of thiophene rings is 1. The van der Waals surface area contributed by atoms with Crippen molar-refractivity contribution in [3.63, 3.8) is 0 Å². The molecule has 0 fully saturated rings. The van der Waals surface area contributed by atoms with E-state index in [4.69, 9.17) is 9.84 Å². The quantitative estimate of drug-likeness (QED) is 0.650. The van der Waals surface area contributed by atoms with E-state index in [1.165, 1.54) is 36.7 Å². The summed E-state index contributed by atoms with van der Waals surface area (Å²) < 4.78 is 5.06. The van der Waals surface area contributed by atoms with Gasteiger partial charge in [0.25, 0.3) is 0 Å². The molecule has 1 heterocycles. The van der Waals surface area contributed by atoms with Gasteiger partial charge in [-0.25, -0.2) is 9.59 Å². The number of unbranched alkanes of at least 4 members (excludes halogenated alkanes) is 5. The van der Waals surface area contributed by atoms with E-state index in [2.05, 4.69) is 12.2 Å². The maximum atomic E-state index is 11.6. The van der Waals surface area contributed by atoms with Gasteiger partial charge >= 0.3 is 12.1 Å². The van der Waals surface area contributed by atoms with Gasteiger partial charge in [-0.15, -0.1) is 11.3 Å². The number of rotatable bonds is 9. The van der Waals surface area contributed by atoms with Crippen LogP contribution in [0.25, 0.3) is 0 Å². The number of ether oxygens (including phenoxy) is 1. The van der Waals surface area contributed by atoms with Crippen molar-refractivity contribution in [1.29, 1.82) is 0 Å². The highest BCUT2D eigenvalue weighted by Crippen LogP contribution is 2.27. The summed E-state index contributed by atoms with van der Waals surface area (Å²) >= 11 is 1.23. The van der Waals surface area contributed by atoms with E-state index in [9.17, 15) is 9.59 Å². The predicted molar refractivity (Wildman–Crippen MR) is 84.4 cm³/mol. The van der Waals surface area contributed by atoms with Crippen LogP contribution in [-0.4, -0.2) is 23.8 Å². The van der Waals surface area contributed by atoms with Gasteiger partial charge in [0, 0.05) is 4.88 Å². The highest BCUT2D eigenvalue weighted by atomic mass is 32.1. The second-order valence-corrected chi connectivity index (χ2v) is 6.19. The van der Waals surface area contributed by atoms with Crippen LogP contribution in [0.2, 0.25) is 0 Å². The Morgan fingerprint density at radius 1 is 1.24 bits per heavy atom. The molecular weight excluding hydrogens is 290 g/mol. The Hall–Kier alpha value is -1.56. The molecule has 1 amide bonds. The first-order valence-corrected chi connectivity index (χ1v) is 8.13. The van der Waals surface area contributed by atoms with Crippen LogP contribution in [0, 0.1) is 6.92 Å². The molecule has 0 saturated carbocycles. The largest absolute Gasteiger partial charge is 0.478 e. The fourth-order valence-electron chi connectivity index (χ4n) is 1.94. The highest BCUT2D eigenvalue weighted by Gasteiger charge is 2.16. The number of aromatic carboxylic acids is 1. The Morgan fingerprint density at radius 3 is 2.57 bits per heavy atom. The van der Waals surface area contributed by atoms with Crippen LogP contribution in [0.5, 0.6) is 0 Å². The number of nitrogens with one attached hydrogen (secondary N) is 1. The van der Waals surface area contributed by atoms with Gasteiger partial charge in [-0.1, -0.05) is 39.0 Å². The van der Waals surface area contributed by atoms with Gasteiger partial charge in [-0.05, 0) is 19.4 Å². The van der Waals surface area contributed by atoms with Crippen molar-refractivity contribution < 1.29 is 19.4 Å². The van der Waals surface area contributed by atoms with Crippen LogP contribution in [-0.2, 0) is 4.74 Å². The molecule has 0 aliphatic carbocycles. The summed E-state index contributed by atoms with van der Waals surface area (Å²) in [6, 6.07) is 1.54. The monoisotopic (exact) mass is 313 g/mol. The first-order chi connectivity index (χ1) is 10.0. The maximum Gasteiger partial charge on any atom is 0.412 e. The van der Waals surface area contributed by atoms with Crippen LogP contribution in [0.3, 0.4) is 0 Å². The first kappa shape index (κ1) is 17.5. The summed E-state index contributed by atoms with van der Waals surface area (Å²) in [5.74, 6) is -1.05. The van der Waals surface area contributed by atoms with E-state index < -0.39 is 12.1 Å². The minimum Gasteiger partial charge on any atom is -0.478 e. The highest BCUT2D eigenvalue weighted by molar-refractivity contribution is 7.16. The predicted octanol–water partition coefficient (Wildman–Crippen LogP) is 4.66. The standard InChI is InChI=1S/C15H23NO4S/c1-3-4-5-6-7-8-9-20-15(19)16-13-12(14(17)18)10-11(2)21-13/h10H,3-9H2,1-2H3,(H,16,19)(H,17,18). The second kappa shape index (κ2) is 9.39. The Balaban J connectivity index is 2.26. The SMILES string of the molecule is CCCCCCCCOC(=O)Nc1sc(C)cc1C(=O)O. The molecule has 21 heavy (non-hydrogen) atoms. The third-order valence-corrected chi connectivity index (χ3v) is 4.00. The molecule has 6 heteroatoms. The number of anilines is 1. The smallest absolute Gasteiger partial charge is 0.412 e. The van der Waals surface area contributed by atoms with E-state index in [1.54, 1.807) is 6.92 Å². The lowest BCUT2D eigenvalue weighted by Gasteiger charge is -2.06. The molecule has 1 aromatic heterocycles. The topological polar surface area (TPSA) is 75.6 Å². The summed E-state index contributed by atoms with van der Waals surface area (Å²) in [6.07, 6.45) is 6.14. The van der Waals surface area contributed by atoms with Gasteiger partial charge in [0.15, 0.2) is 0 Å². The molecule has 5 nitrogen and oxygen atoms in total. The molecule has 0 aliphatic rings. The van der Waals surface area contributed by atoms with Crippen LogP contribution in [0.15, 0.2) is 6.07 Å². The number of aryl methyl sites for hydroxylation is 1. The van der Waals surface area contributed by atoms with Crippen molar-refractivity contribution in [2.24, 2.45) is 0 Å². The van der Waals surface area contributed by atoms with Crippen LogP contribution < -0.4 is 5.32 Å². The fraction of sp³-hybridized carbons (Fsp3) is 0.600. The zero-order valence-corrected chi connectivity index (χ0v) is 13.4. The van der Waals surface area contributed by atoms with Gasteiger partial charge in [0.1, 0.15) is 5.00 Å². The summed E-state index contributed by atoms with van der Waals surface area (Å²) in [4.78, 5) is 23.5. The summed E-state index contributed by atoms with van der Waals surface area (Å²) in [6.45, 7) is 4.33. The van der Waals surface area contributed by atoms with Crippen molar-refractivity contribution in [3.8, 4) is 0 Å². The number of hydrogen-bond acceptors (Lipinski definition) is 4. The van der Waals surface area contributed by atoms with Gasteiger partial charge in [0.2, 0.25) is 0 Å². The molecule has 0 aliphatic heterocycles. The molecule has 0 aromatic carbocycles. The van der Waals surface area contributed by atoms with E-state index in [0.29, 0.717) is 11.6 Å². The Morgan fingerprint density at radius 2 is 1.90 bits per heavy atom. The molecule has 118 valence electrons. The zero-order chi connectivity index (χ0) is 15.7. The van der Waals surface area contributed by atoms with Crippen molar-refractivity contribution in [1.82, 2.24) is 0 Å². The molecular formula is C15H23NO4S. The minimum absolute atomic E-state index is 0.106. The lowest BCUT2D eigenvalue weighted by molar-refractivity contribution is 0.0698. The molecule has 0 spiro atoms. The molecule has 1 aromatic rings. The van der Waals surface area contributed by atoms with Crippen LogP contribution in [0.1, 0.15) is 60.7 Å². The Labute approximate surface area is 129 Å². The summed E-state index contributed by atoms with van der Waals surface area (Å²) in [7, 11) is 0. The number of amides is 1. The third kappa shape index (κ3) is 6.62. The normalized spacial score (nSPS) is 10.4. The first-order valence-electron chi connectivity index (χ1n) is 7.32. The van der Waals surface area contributed by atoms with Gasteiger partial charge in [0.05, 0.1) is 12.2 Å². The van der Waals surface area contributed by atoms with E-state index >= 15 is 0 Å². The Bertz CT molecular complexity index is 470. The van der Waals surface area contributed by atoms with Crippen molar-refractivity contribution >= 4 is 28.4 Å². The van der Waals surface area contributed by atoms with Crippen molar-refractivity contribution in [2.45, 2.75) is 52.4 Å². The van der Waals surface area contributed by atoms with E-state index in [-0.39, 0.29) is 5.56 Å². The van der Waals surface area contributed by atoms with Crippen LogP contribution >= 0.6 is 11.3 Å². The average Bonchev–Trinajstić information content (AvgIpc) is 2.78. The number of hydrogen-bond donors (Lipinski definition) is 2. The van der Waals surface area contributed by atoms with Gasteiger partial charge in [-0.3, -0.25) is 5.32 Å². The maximum absolute atomic E-state index is 11.6. The lowest BCUT2D eigenvalue weighted by atomic mass is 10.1. The molecule has 2 N–H and O–H groups in total. The van der Waals surface area contributed by atoms with Crippen LogP contribution in [0.4, 0.5) is 9.80 Å². The Kier molecular flexibility index (Phi) is 7.82. The van der Waals surface area contributed by atoms with Gasteiger partial charge in [-0.2, -0.15) is 0 Å². The number of carbonyl (C=O) groups is 2. The fourth-order valence-corrected chi connectivity index (χ4v) is 2.83. The second-order valence-electron chi connectivity index (χ2n) is 4.93. The molecule has 0 unspecified atom stereocenters. The molecule has 0 saturated heterocycles. The number of carboxylic acid groups (broad SMARTS) is 1. The van der Waals surface area contributed by atoms with Crippen molar-refractivity contribution in [3.05, 3.63) is 16.5 Å². The number of carbonyl (C=O) groups excluding carboxylic acids is 1. The number of carboxylic acids is 1.